The van der Waals surface area contributed by atoms with Gasteiger partial charge in [0, 0.05) is 23.9 Å². The highest BCUT2D eigenvalue weighted by atomic mass is 35.5. The van der Waals surface area contributed by atoms with E-state index in [2.05, 4.69) is 10.3 Å². The summed E-state index contributed by atoms with van der Waals surface area (Å²) in [6.45, 7) is 2.12. The molecule has 1 heterocycles. The molecular weight excluding hydrogens is 452 g/mol. The molecule has 7 heteroatoms. The normalized spacial score (nSPS) is 13.1. The summed E-state index contributed by atoms with van der Waals surface area (Å²) in [7, 11) is 0. The maximum absolute atomic E-state index is 11.9. The molecule has 0 spiro atoms. The Morgan fingerprint density at radius 3 is 2.59 bits per heavy atom. The van der Waals surface area contributed by atoms with Crippen LogP contribution in [0.3, 0.4) is 0 Å². The van der Waals surface area contributed by atoms with Crippen LogP contribution in [0.4, 0.5) is 5.69 Å². The Hall–Kier alpha value is -3.64. The zero-order valence-corrected chi connectivity index (χ0v) is 19.6. The van der Waals surface area contributed by atoms with Gasteiger partial charge in [-0.05, 0) is 65.8 Å². The van der Waals surface area contributed by atoms with Gasteiger partial charge in [-0.3, -0.25) is 4.79 Å². The highest BCUT2D eigenvalue weighted by molar-refractivity contribution is 6.30. The van der Waals surface area contributed by atoms with Crippen molar-refractivity contribution < 1.29 is 19.4 Å². The lowest BCUT2D eigenvalue weighted by molar-refractivity contribution is -0.115. The molecule has 0 fully saturated rings. The van der Waals surface area contributed by atoms with Crippen LogP contribution in [0.2, 0.25) is 5.02 Å². The second-order valence-corrected chi connectivity index (χ2v) is 8.53. The van der Waals surface area contributed by atoms with Gasteiger partial charge in [0.1, 0.15) is 6.61 Å². The number of nitrogens with one attached hydrogen (secondary N) is 1. The van der Waals surface area contributed by atoms with Gasteiger partial charge >= 0.3 is 5.97 Å². The zero-order chi connectivity index (χ0) is 24.1. The molecule has 4 rings (SSSR count). The lowest BCUT2D eigenvalue weighted by Crippen LogP contribution is -2.11. The number of halogens is 1. The standard InChI is InChI=1S/C27H25ClN2O4/c1-2-25(31)30-21-12-18(11-19(13-21)27(32)33)22-9-6-10-23(22)24-14-20(28)15-29-26(24)34-16-17-7-4-3-5-8-17/h3-5,7-8,11-15H,2,6,9-10,16H2,1H3,(H,30,31)(H,32,33). The predicted molar refractivity (Wildman–Crippen MR) is 133 cm³/mol. The number of anilines is 1. The summed E-state index contributed by atoms with van der Waals surface area (Å²) in [6.07, 6.45) is 4.32. The Balaban J connectivity index is 1.75. The van der Waals surface area contributed by atoms with Crippen molar-refractivity contribution in [2.75, 3.05) is 5.32 Å². The fourth-order valence-electron chi connectivity index (χ4n) is 4.09. The van der Waals surface area contributed by atoms with Crippen LogP contribution in [0.1, 0.15) is 59.7 Å². The van der Waals surface area contributed by atoms with Crippen molar-refractivity contribution in [1.82, 2.24) is 4.98 Å². The van der Waals surface area contributed by atoms with E-state index in [0.717, 1.165) is 47.1 Å². The molecule has 2 aromatic carbocycles. The van der Waals surface area contributed by atoms with Gasteiger partial charge < -0.3 is 15.2 Å². The summed E-state index contributed by atoms with van der Waals surface area (Å²) in [5.74, 6) is -0.744. The second kappa shape index (κ2) is 10.5. The molecule has 1 amide bonds. The Kier molecular flexibility index (Phi) is 7.28. The summed E-state index contributed by atoms with van der Waals surface area (Å²) >= 11 is 6.31. The number of aromatic carboxylic acids is 1. The van der Waals surface area contributed by atoms with E-state index in [9.17, 15) is 14.7 Å². The van der Waals surface area contributed by atoms with Gasteiger partial charge in [-0.2, -0.15) is 0 Å². The van der Waals surface area contributed by atoms with Crippen LogP contribution in [0.25, 0.3) is 11.1 Å². The zero-order valence-electron chi connectivity index (χ0n) is 18.8. The van der Waals surface area contributed by atoms with Crippen molar-refractivity contribution in [2.24, 2.45) is 0 Å². The van der Waals surface area contributed by atoms with Crippen molar-refractivity contribution >= 4 is 40.3 Å². The lowest BCUT2D eigenvalue weighted by Gasteiger charge is -2.15. The molecule has 0 atom stereocenters. The predicted octanol–water partition coefficient (Wildman–Crippen LogP) is 6.46. The summed E-state index contributed by atoms with van der Waals surface area (Å²) in [6, 6.07) is 16.6. The first-order valence-electron chi connectivity index (χ1n) is 11.2. The van der Waals surface area contributed by atoms with E-state index in [1.54, 1.807) is 19.2 Å². The molecule has 1 aliphatic rings. The molecule has 1 aliphatic carbocycles. The molecule has 0 radical (unpaired) electrons. The number of nitrogens with zero attached hydrogens (tertiary/aromatic N) is 1. The van der Waals surface area contributed by atoms with E-state index in [1.807, 2.05) is 42.5 Å². The number of benzene rings is 2. The van der Waals surface area contributed by atoms with Gasteiger partial charge in [0.2, 0.25) is 11.8 Å². The number of rotatable bonds is 8. The Morgan fingerprint density at radius 1 is 1.09 bits per heavy atom. The van der Waals surface area contributed by atoms with E-state index >= 15 is 0 Å². The number of hydrogen-bond acceptors (Lipinski definition) is 4. The summed E-state index contributed by atoms with van der Waals surface area (Å²) in [5.41, 5.74) is 5.19. The van der Waals surface area contributed by atoms with Gasteiger partial charge in [-0.15, -0.1) is 0 Å². The maximum atomic E-state index is 11.9. The highest BCUT2D eigenvalue weighted by Crippen LogP contribution is 2.43. The first-order valence-corrected chi connectivity index (χ1v) is 11.6. The fraction of sp³-hybridized carbons (Fsp3) is 0.222. The minimum absolute atomic E-state index is 0.118. The number of allylic oxidation sites excluding steroid dienone is 2. The van der Waals surface area contributed by atoms with E-state index in [-0.39, 0.29) is 11.5 Å². The van der Waals surface area contributed by atoms with Crippen LogP contribution in [-0.4, -0.2) is 22.0 Å². The monoisotopic (exact) mass is 476 g/mol. The first-order chi connectivity index (χ1) is 16.4. The number of carboxylic acid groups (broad SMARTS) is 1. The molecule has 174 valence electrons. The quantitative estimate of drug-likeness (QED) is 0.389. The van der Waals surface area contributed by atoms with Gasteiger partial charge in [-0.25, -0.2) is 9.78 Å². The molecular formula is C27H25ClN2O4. The fourth-order valence-corrected chi connectivity index (χ4v) is 4.25. The third-order valence-electron chi connectivity index (χ3n) is 5.71. The van der Waals surface area contributed by atoms with E-state index in [4.69, 9.17) is 16.3 Å². The molecule has 34 heavy (non-hydrogen) atoms. The van der Waals surface area contributed by atoms with Crippen molar-refractivity contribution in [2.45, 2.75) is 39.2 Å². The molecule has 0 aliphatic heterocycles. The van der Waals surface area contributed by atoms with Crippen molar-refractivity contribution in [3.05, 3.63) is 88.1 Å². The minimum Gasteiger partial charge on any atom is -0.478 e. The highest BCUT2D eigenvalue weighted by Gasteiger charge is 2.23. The van der Waals surface area contributed by atoms with Crippen LogP contribution in [0.15, 0.2) is 60.8 Å². The van der Waals surface area contributed by atoms with Crippen LogP contribution in [0, 0.1) is 0 Å². The van der Waals surface area contributed by atoms with E-state index in [1.165, 1.54) is 6.07 Å². The third kappa shape index (κ3) is 5.46. The van der Waals surface area contributed by atoms with Gasteiger partial charge in [-0.1, -0.05) is 48.9 Å². The van der Waals surface area contributed by atoms with Gasteiger partial charge in [0.15, 0.2) is 0 Å². The number of carboxylic acids is 1. The average molecular weight is 477 g/mol. The Bertz CT molecular complexity index is 1250. The summed E-state index contributed by atoms with van der Waals surface area (Å²) in [4.78, 5) is 28.2. The number of pyridine rings is 1. The van der Waals surface area contributed by atoms with E-state index < -0.39 is 5.97 Å². The topological polar surface area (TPSA) is 88.5 Å². The average Bonchev–Trinajstić information content (AvgIpc) is 3.33. The van der Waals surface area contributed by atoms with Crippen LogP contribution in [0.5, 0.6) is 5.88 Å². The molecule has 0 unspecified atom stereocenters. The smallest absolute Gasteiger partial charge is 0.335 e. The molecule has 2 N–H and O–H groups in total. The first kappa shape index (κ1) is 23.5. The molecule has 0 saturated heterocycles. The number of aromatic nitrogens is 1. The number of ether oxygens (including phenoxy) is 1. The SMILES string of the molecule is CCC(=O)Nc1cc(C(=O)O)cc(C2=C(c3cc(Cl)cnc3OCc3ccccc3)CCC2)c1. The summed E-state index contributed by atoms with van der Waals surface area (Å²) in [5, 5.41) is 12.9. The van der Waals surface area contributed by atoms with Gasteiger partial charge in [0.25, 0.3) is 0 Å². The van der Waals surface area contributed by atoms with Crippen LogP contribution < -0.4 is 10.1 Å². The third-order valence-corrected chi connectivity index (χ3v) is 5.92. The van der Waals surface area contributed by atoms with Crippen molar-refractivity contribution in [3.63, 3.8) is 0 Å². The van der Waals surface area contributed by atoms with Crippen molar-refractivity contribution in [1.29, 1.82) is 0 Å². The molecule has 0 saturated carbocycles. The number of amides is 1. The Labute approximate surface area is 203 Å². The molecule has 6 nitrogen and oxygen atoms in total. The molecule has 3 aromatic rings. The number of carbonyl (C=O) groups is 2. The van der Waals surface area contributed by atoms with Crippen LogP contribution in [-0.2, 0) is 11.4 Å². The lowest BCUT2D eigenvalue weighted by atomic mass is 9.95. The number of hydrogen-bond donors (Lipinski definition) is 2. The second-order valence-electron chi connectivity index (χ2n) is 8.10. The molecule has 0 bridgehead atoms. The minimum atomic E-state index is -1.05. The summed E-state index contributed by atoms with van der Waals surface area (Å²) < 4.78 is 6.07. The van der Waals surface area contributed by atoms with E-state index in [0.29, 0.717) is 29.6 Å². The Morgan fingerprint density at radius 2 is 1.85 bits per heavy atom. The molecule has 1 aromatic heterocycles. The van der Waals surface area contributed by atoms with Crippen molar-refractivity contribution in [3.8, 4) is 5.88 Å². The van der Waals surface area contributed by atoms with Gasteiger partial charge in [0.05, 0.1) is 10.6 Å². The largest absolute Gasteiger partial charge is 0.478 e. The maximum Gasteiger partial charge on any atom is 0.335 e. The van der Waals surface area contributed by atoms with Crippen LogP contribution >= 0.6 is 11.6 Å². The number of carbonyl (C=O) groups excluding carboxylic acids is 1.